The highest BCUT2D eigenvalue weighted by Crippen LogP contribution is 2.44. The monoisotopic (exact) mass is 457 g/mol. The lowest BCUT2D eigenvalue weighted by Gasteiger charge is -2.47. The summed E-state index contributed by atoms with van der Waals surface area (Å²) in [4.78, 5) is 15.4. The lowest BCUT2D eigenvalue weighted by atomic mass is 9.79. The molecule has 1 atom stereocenters. The molecule has 0 bridgehead atoms. The number of benzene rings is 2. The maximum absolute atomic E-state index is 14.9. The highest BCUT2D eigenvalue weighted by Gasteiger charge is 2.36. The highest BCUT2D eigenvalue weighted by atomic mass is 32.2. The van der Waals surface area contributed by atoms with E-state index in [4.69, 9.17) is 4.74 Å². The standard InChI is InChI=1S/C25H32FN3O2S/c1-6-11-29-23-13-22(26)18(12-21(23)17(2)14-25(29,3)4)15-27-28-24(30)16-32-20-9-7-19(31-5)8-10-20/h7-10,12-13,15,17H,6,11,14,16H2,1-5H3,(H,28,30)/b27-15+. The zero-order valence-electron chi connectivity index (χ0n) is 19.4. The van der Waals surface area contributed by atoms with Crippen LogP contribution in [-0.2, 0) is 4.79 Å². The molecule has 0 fully saturated rings. The summed E-state index contributed by atoms with van der Waals surface area (Å²) in [6.07, 6.45) is 3.40. The molecule has 1 amide bonds. The van der Waals surface area contributed by atoms with Crippen LogP contribution in [0.3, 0.4) is 0 Å². The summed E-state index contributed by atoms with van der Waals surface area (Å²) < 4.78 is 20.0. The van der Waals surface area contributed by atoms with Gasteiger partial charge in [-0.05, 0) is 74.6 Å². The fourth-order valence-corrected chi connectivity index (χ4v) is 4.98. The molecule has 3 rings (SSSR count). The van der Waals surface area contributed by atoms with E-state index in [1.165, 1.54) is 18.0 Å². The average molecular weight is 458 g/mol. The van der Waals surface area contributed by atoms with Gasteiger partial charge in [0.15, 0.2) is 0 Å². The first kappa shape index (κ1) is 24.1. The van der Waals surface area contributed by atoms with Gasteiger partial charge in [0.1, 0.15) is 11.6 Å². The zero-order chi connectivity index (χ0) is 23.3. The van der Waals surface area contributed by atoms with Gasteiger partial charge in [0.2, 0.25) is 5.91 Å². The van der Waals surface area contributed by atoms with Gasteiger partial charge in [-0.1, -0.05) is 13.8 Å². The van der Waals surface area contributed by atoms with Gasteiger partial charge >= 0.3 is 0 Å². The maximum Gasteiger partial charge on any atom is 0.250 e. The number of nitrogens with one attached hydrogen (secondary N) is 1. The van der Waals surface area contributed by atoms with Crippen molar-refractivity contribution in [3.8, 4) is 5.75 Å². The number of halogens is 1. The summed E-state index contributed by atoms with van der Waals surface area (Å²) >= 11 is 1.40. The van der Waals surface area contributed by atoms with E-state index >= 15 is 0 Å². The SMILES string of the molecule is CCCN1c2cc(F)c(/C=N/NC(=O)CSc3ccc(OC)cc3)cc2C(C)CC1(C)C. The molecule has 0 spiro atoms. The molecule has 0 aliphatic carbocycles. The predicted molar refractivity (Wildman–Crippen MR) is 131 cm³/mol. The minimum absolute atomic E-state index is 0.0139. The van der Waals surface area contributed by atoms with Crippen LogP contribution >= 0.6 is 11.8 Å². The van der Waals surface area contributed by atoms with Crippen molar-refractivity contribution in [2.45, 2.75) is 56.9 Å². The first-order chi connectivity index (χ1) is 15.2. The third-order valence-electron chi connectivity index (χ3n) is 5.77. The van der Waals surface area contributed by atoms with Gasteiger partial charge in [0.05, 0.1) is 19.1 Å². The number of anilines is 1. The van der Waals surface area contributed by atoms with Crippen molar-refractivity contribution in [2.75, 3.05) is 24.3 Å². The molecule has 0 radical (unpaired) electrons. The van der Waals surface area contributed by atoms with Crippen LogP contribution in [0, 0.1) is 5.82 Å². The molecule has 0 aromatic heterocycles. The molecule has 0 saturated heterocycles. The number of thioether (sulfide) groups is 1. The Morgan fingerprint density at radius 3 is 2.72 bits per heavy atom. The number of methoxy groups -OCH3 is 1. The second-order valence-electron chi connectivity index (χ2n) is 8.76. The lowest BCUT2D eigenvalue weighted by Crippen LogP contribution is -2.48. The number of rotatable bonds is 8. The number of carbonyl (C=O) groups is 1. The summed E-state index contributed by atoms with van der Waals surface area (Å²) in [6, 6.07) is 11.0. The molecule has 0 saturated carbocycles. The molecule has 2 aromatic rings. The van der Waals surface area contributed by atoms with Crippen LogP contribution in [0.1, 0.15) is 57.6 Å². The summed E-state index contributed by atoms with van der Waals surface area (Å²) in [7, 11) is 1.61. The number of hydrazone groups is 1. The van der Waals surface area contributed by atoms with Crippen LogP contribution in [0.2, 0.25) is 0 Å². The van der Waals surface area contributed by atoms with E-state index in [1.807, 2.05) is 30.3 Å². The predicted octanol–water partition coefficient (Wildman–Crippen LogP) is 5.58. The molecular formula is C25H32FN3O2S. The number of nitrogens with zero attached hydrogens (tertiary/aromatic N) is 2. The van der Waals surface area contributed by atoms with Crippen LogP contribution in [0.15, 0.2) is 46.4 Å². The molecule has 1 unspecified atom stereocenters. The minimum atomic E-state index is -0.333. The van der Waals surface area contributed by atoms with Crippen molar-refractivity contribution < 1.29 is 13.9 Å². The Bertz CT molecular complexity index is 976. The normalized spacial score (nSPS) is 17.3. The Kier molecular flexibility index (Phi) is 7.82. The molecule has 172 valence electrons. The topological polar surface area (TPSA) is 53.9 Å². The summed E-state index contributed by atoms with van der Waals surface area (Å²) in [5.41, 5.74) is 4.95. The number of hydrogen-bond acceptors (Lipinski definition) is 5. The molecule has 1 N–H and O–H groups in total. The Balaban J connectivity index is 1.65. The molecule has 5 nitrogen and oxygen atoms in total. The second kappa shape index (κ2) is 10.4. The molecule has 7 heteroatoms. The van der Waals surface area contributed by atoms with Crippen molar-refractivity contribution in [3.05, 3.63) is 53.3 Å². The largest absolute Gasteiger partial charge is 0.497 e. The van der Waals surface area contributed by atoms with Crippen LogP contribution in [0.5, 0.6) is 5.75 Å². The van der Waals surface area contributed by atoms with Gasteiger partial charge < -0.3 is 9.64 Å². The third-order valence-corrected chi connectivity index (χ3v) is 6.79. The maximum atomic E-state index is 14.9. The highest BCUT2D eigenvalue weighted by molar-refractivity contribution is 8.00. The fraction of sp³-hybridized carbons (Fsp3) is 0.440. The van der Waals surface area contributed by atoms with Gasteiger partial charge in [0.25, 0.3) is 0 Å². The van der Waals surface area contributed by atoms with E-state index in [1.54, 1.807) is 13.2 Å². The van der Waals surface area contributed by atoms with Crippen LogP contribution < -0.4 is 15.1 Å². The average Bonchev–Trinajstić information content (AvgIpc) is 2.76. The van der Waals surface area contributed by atoms with Crippen LogP contribution in [-0.4, -0.2) is 37.1 Å². The van der Waals surface area contributed by atoms with E-state index in [9.17, 15) is 9.18 Å². The molecular weight excluding hydrogens is 425 g/mol. The lowest BCUT2D eigenvalue weighted by molar-refractivity contribution is -0.118. The first-order valence-electron chi connectivity index (χ1n) is 10.9. The third kappa shape index (κ3) is 5.63. The van der Waals surface area contributed by atoms with Gasteiger partial charge in [-0.2, -0.15) is 5.10 Å². The molecule has 1 aliphatic heterocycles. The Morgan fingerprint density at radius 1 is 1.34 bits per heavy atom. The van der Waals surface area contributed by atoms with E-state index in [0.29, 0.717) is 11.5 Å². The van der Waals surface area contributed by atoms with Gasteiger partial charge in [-0.25, -0.2) is 9.82 Å². The molecule has 32 heavy (non-hydrogen) atoms. The van der Waals surface area contributed by atoms with E-state index in [-0.39, 0.29) is 23.0 Å². The summed E-state index contributed by atoms with van der Waals surface area (Å²) in [5.74, 6) is 0.724. The van der Waals surface area contributed by atoms with E-state index in [0.717, 1.165) is 41.3 Å². The Morgan fingerprint density at radius 2 is 2.06 bits per heavy atom. The fourth-order valence-electron chi connectivity index (χ4n) is 4.29. The van der Waals surface area contributed by atoms with Crippen LogP contribution in [0.25, 0.3) is 0 Å². The van der Waals surface area contributed by atoms with Crippen molar-refractivity contribution in [1.29, 1.82) is 0 Å². The molecule has 1 aliphatic rings. The summed E-state index contributed by atoms with van der Waals surface area (Å²) in [5, 5.41) is 3.99. The van der Waals surface area contributed by atoms with E-state index < -0.39 is 0 Å². The zero-order valence-corrected chi connectivity index (χ0v) is 20.3. The number of amides is 1. The minimum Gasteiger partial charge on any atom is -0.497 e. The molecule has 1 heterocycles. The quantitative estimate of drug-likeness (QED) is 0.319. The number of fused-ring (bicyclic) bond motifs is 1. The van der Waals surface area contributed by atoms with Crippen molar-refractivity contribution in [3.63, 3.8) is 0 Å². The number of carbonyl (C=O) groups excluding carboxylic acids is 1. The smallest absolute Gasteiger partial charge is 0.250 e. The van der Waals surface area contributed by atoms with Crippen molar-refractivity contribution in [1.82, 2.24) is 5.43 Å². The molecule has 2 aromatic carbocycles. The van der Waals surface area contributed by atoms with Crippen LogP contribution in [0.4, 0.5) is 10.1 Å². The first-order valence-corrected chi connectivity index (χ1v) is 11.9. The van der Waals surface area contributed by atoms with Crippen molar-refractivity contribution in [2.24, 2.45) is 5.10 Å². The Hall–Kier alpha value is -2.54. The second-order valence-corrected chi connectivity index (χ2v) is 9.81. The van der Waals surface area contributed by atoms with E-state index in [2.05, 4.69) is 43.1 Å². The number of hydrogen-bond donors (Lipinski definition) is 1. The van der Waals surface area contributed by atoms with Gasteiger partial charge in [0, 0.05) is 28.2 Å². The summed E-state index contributed by atoms with van der Waals surface area (Å²) in [6.45, 7) is 9.65. The Labute approximate surface area is 194 Å². The number of ether oxygens (including phenoxy) is 1. The van der Waals surface area contributed by atoms with Crippen molar-refractivity contribution >= 4 is 29.6 Å². The van der Waals surface area contributed by atoms with Gasteiger partial charge in [-0.3, -0.25) is 4.79 Å². The van der Waals surface area contributed by atoms with Gasteiger partial charge in [-0.15, -0.1) is 11.8 Å².